The van der Waals surface area contributed by atoms with Gasteiger partial charge in [-0.3, -0.25) is 9.48 Å². The molecule has 6 N–H and O–H groups in total. The quantitative estimate of drug-likeness (QED) is 0.667. The molecule has 1 aliphatic rings. The Morgan fingerprint density at radius 2 is 1.88 bits per heavy atom. The van der Waals surface area contributed by atoms with Gasteiger partial charge < -0.3 is 27.0 Å². The molecule has 2 heterocycles. The summed E-state index contributed by atoms with van der Waals surface area (Å²) in [5, 5.41) is 9.70. The van der Waals surface area contributed by atoms with Crippen LogP contribution >= 0.6 is 0 Å². The Morgan fingerprint density at radius 1 is 1.16 bits per heavy atom. The molecule has 132 valence electrons. The standard InChI is InChI=1S/C16H21N7O2/c1-22-14(17)13(9-19-22)20-11-5-4-10(8-12(11)21-16(18)25)15(24)23-6-2-3-7-23/h4-5,8-9,20H,2-3,6-7,17H2,1H3,(H3,18,21,25). The summed E-state index contributed by atoms with van der Waals surface area (Å²) in [5.41, 5.74) is 13.2. The van der Waals surface area contributed by atoms with Crippen molar-refractivity contribution in [2.45, 2.75) is 12.8 Å². The lowest BCUT2D eigenvalue weighted by Gasteiger charge is -2.17. The van der Waals surface area contributed by atoms with Gasteiger partial charge in [0.15, 0.2) is 0 Å². The Labute approximate surface area is 145 Å². The number of urea groups is 1. The zero-order valence-corrected chi connectivity index (χ0v) is 14.0. The van der Waals surface area contributed by atoms with Crippen molar-refractivity contribution in [3.05, 3.63) is 30.0 Å². The number of nitrogens with zero attached hydrogens (tertiary/aromatic N) is 3. The van der Waals surface area contributed by atoms with Crippen LogP contribution in [0.1, 0.15) is 23.2 Å². The third kappa shape index (κ3) is 3.49. The minimum absolute atomic E-state index is 0.0579. The highest BCUT2D eigenvalue weighted by molar-refractivity contribution is 5.99. The number of likely N-dealkylation sites (tertiary alicyclic amines) is 1. The van der Waals surface area contributed by atoms with Crippen LogP contribution in [0.3, 0.4) is 0 Å². The number of nitrogen functional groups attached to an aromatic ring is 1. The van der Waals surface area contributed by atoms with E-state index in [4.69, 9.17) is 11.5 Å². The van der Waals surface area contributed by atoms with Crippen LogP contribution in [0.25, 0.3) is 0 Å². The molecule has 0 spiro atoms. The van der Waals surface area contributed by atoms with E-state index in [0.29, 0.717) is 28.4 Å². The van der Waals surface area contributed by atoms with Gasteiger partial charge in [0.2, 0.25) is 0 Å². The Balaban J connectivity index is 1.90. The molecule has 0 bridgehead atoms. The second-order valence-electron chi connectivity index (χ2n) is 5.94. The smallest absolute Gasteiger partial charge is 0.316 e. The van der Waals surface area contributed by atoms with E-state index in [-0.39, 0.29) is 5.91 Å². The van der Waals surface area contributed by atoms with E-state index < -0.39 is 6.03 Å². The predicted molar refractivity (Wildman–Crippen MR) is 95.7 cm³/mol. The number of anilines is 4. The van der Waals surface area contributed by atoms with Crippen molar-refractivity contribution in [1.82, 2.24) is 14.7 Å². The van der Waals surface area contributed by atoms with Gasteiger partial charge in [-0.05, 0) is 31.0 Å². The van der Waals surface area contributed by atoms with Gasteiger partial charge in [-0.15, -0.1) is 0 Å². The van der Waals surface area contributed by atoms with Gasteiger partial charge in [-0.1, -0.05) is 0 Å². The number of nitrogens with two attached hydrogens (primary N) is 2. The molecule has 0 radical (unpaired) electrons. The number of amides is 3. The zero-order valence-electron chi connectivity index (χ0n) is 14.0. The van der Waals surface area contributed by atoms with E-state index in [1.165, 1.54) is 4.68 Å². The molecule has 1 fully saturated rings. The van der Waals surface area contributed by atoms with Crippen LogP contribution in [0.15, 0.2) is 24.4 Å². The second kappa shape index (κ2) is 6.71. The fraction of sp³-hybridized carbons (Fsp3) is 0.312. The first-order valence-corrected chi connectivity index (χ1v) is 8.00. The number of aromatic nitrogens is 2. The van der Waals surface area contributed by atoms with Crippen LogP contribution in [0.2, 0.25) is 0 Å². The van der Waals surface area contributed by atoms with E-state index in [9.17, 15) is 9.59 Å². The molecular formula is C16H21N7O2. The van der Waals surface area contributed by atoms with Gasteiger partial charge in [0, 0.05) is 25.7 Å². The van der Waals surface area contributed by atoms with Gasteiger partial charge in [0.1, 0.15) is 11.5 Å². The van der Waals surface area contributed by atoms with Crippen LogP contribution in [0.5, 0.6) is 0 Å². The minimum atomic E-state index is -0.715. The fourth-order valence-electron chi connectivity index (χ4n) is 2.81. The first kappa shape index (κ1) is 16.6. The van der Waals surface area contributed by atoms with Gasteiger partial charge in [-0.2, -0.15) is 5.10 Å². The number of benzene rings is 1. The summed E-state index contributed by atoms with van der Waals surface area (Å²) in [6.45, 7) is 1.51. The van der Waals surface area contributed by atoms with Crippen molar-refractivity contribution < 1.29 is 9.59 Å². The van der Waals surface area contributed by atoms with Crippen molar-refractivity contribution >= 4 is 34.8 Å². The number of carbonyl (C=O) groups is 2. The summed E-state index contributed by atoms with van der Waals surface area (Å²) in [6, 6.07) is 4.32. The Morgan fingerprint density at radius 3 is 2.48 bits per heavy atom. The lowest BCUT2D eigenvalue weighted by atomic mass is 10.1. The number of hydrogen-bond acceptors (Lipinski definition) is 5. The summed E-state index contributed by atoms with van der Waals surface area (Å²) in [5.74, 6) is 0.389. The highest BCUT2D eigenvalue weighted by Gasteiger charge is 2.21. The number of nitrogens with one attached hydrogen (secondary N) is 2. The lowest BCUT2D eigenvalue weighted by molar-refractivity contribution is 0.0793. The lowest BCUT2D eigenvalue weighted by Crippen LogP contribution is -2.28. The first-order chi connectivity index (χ1) is 12.0. The average Bonchev–Trinajstić information content (AvgIpc) is 3.21. The maximum Gasteiger partial charge on any atom is 0.316 e. The molecule has 3 rings (SSSR count). The van der Waals surface area contributed by atoms with E-state index in [0.717, 1.165) is 25.9 Å². The summed E-state index contributed by atoms with van der Waals surface area (Å²) >= 11 is 0. The van der Waals surface area contributed by atoms with Crippen molar-refractivity contribution in [1.29, 1.82) is 0 Å². The van der Waals surface area contributed by atoms with Crippen LogP contribution in [0, 0.1) is 0 Å². The van der Waals surface area contributed by atoms with Crippen LogP contribution in [0.4, 0.5) is 27.7 Å². The largest absolute Gasteiger partial charge is 0.382 e. The third-order valence-electron chi connectivity index (χ3n) is 4.17. The minimum Gasteiger partial charge on any atom is -0.382 e. The topological polar surface area (TPSA) is 131 Å². The Kier molecular flexibility index (Phi) is 4.46. The summed E-state index contributed by atoms with van der Waals surface area (Å²) < 4.78 is 1.52. The second-order valence-corrected chi connectivity index (χ2v) is 5.94. The van der Waals surface area contributed by atoms with Gasteiger partial charge in [-0.25, -0.2) is 4.79 Å². The molecular weight excluding hydrogens is 322 g/mol. The van der Waals surface area contributed by atoms with Crippen LogP contribution in [-0.2, 0) is 7.05 Å². The van der Waals surface area contributed by atoms with Gasteiger partial charge >= 0.3 is 6.03 Å². The molecule has 1 aromatic heterocycles. The number of rotatable bonds is 4. The van der Waals surface area contributed by atoms with E-state index in [2.05, 4.69) is 15.7 Å². The van der Waals surface area contributed by atoms with Crippen molar-refractivity contribution in [3.63, 3.8) is 0 Å². The fourth-order valence-corrected chi connectivity index (χ4v) is 2.81. The molecule has 0 aliphatic carbocycles. The average molecular weight is 343 g/mol. The van der Waals surface area contributed by atoms with Gasteiger partial charge in [0.25, 0.3) is 5.91 Å². The summed E-state index contributed by atoms with van der Waals surface area (Å²) in [6.07, 6.45) is 3.60. The first-order valence-electron chi connectivity index (χ1n) is 8.00. The molecule has 25 heavy (non-hydrogen) atoms. The van der Waals surface area contributed by atoms with Crippen LogP contribution in [-0.4, -0.2) is 39.7 Å². The molecule has 1 aromatic carbocycles. The number of hydrogen-bond donors (Lipinski definition) is 4. The summed E-state index contributed by atoms with van der Waals surface area (Å²) in [7, 11) is 1.72. The van der Waals surface area contributed by atoms with Crippen molar-refractivity contribution in [2.24, 2.45) is 12.8 Å². The SMILES string of the molecule is Cn1ncc(Nc2ccc(C(=O)N3CCCC3)cc2NC(N)=O)c1N. The van der Waals surface area contributed by atoms with E-state index >= 15 is 0 Å². The maximum absolute atomic E-state index is 12.5. The molecule has 9 nitrogen and oxygen atoms in total. The molecule has 0 atom stereocenters. The monoisotopic (exact) mass is 343 g/mol. The molecule has 1 saturated heterocycles. The number of carbonyl (C=O) groups excluding carboxylic acids is 2. The summed E-state index contributed by atoms with van der Waals surface area (Å²) in [4.78, 5) is 25.7. The van der Waals surface area contributed by atoms with Gasteiger partial charge in [0.05, 0.1) is 17.6 Å². The Bertz CT molecular complexity index is 809. The van der Waals surface area contributed by atoms with Crippen molar-refractivity contribution in [3.8, 4) is 0 Å². The maximum atomic E-state index is 12.5. The molecule has 0 unspecified atom stereocenters. The van der Waals surface area contributed by atoms with Crippen LogP contribution < -0.4 is 22.1 Å². The molecule has 3 amide bonds. The molecule has 1 aliphatic heterocycles. The third-order valence-corrected chi connectivity index (χ3v) is 4.17. The number of aryl methyl sites for hydroxylation is 1. The van der Waals surface area contributed by atoms with E-state index in [1.807, 2.05) is 0 Å². The Hall–Kier alpha value is -3.23. The van der Waals surface area contributed by atoms with Crippen molar-refractivity contribution in [2.75, 3.05) is 29.5 Å². The zero-order chi connectivity index (χ0) is 18.0. The molecule has 0 saturated carbocycles. The highest BCUT2D eigenvalue weighted by atomic mass is 16.2. The normalized spacial score (nSPS) is 13.7. The molecule has 2 aromatic rings. The molecule has 9 heteroatoms. The van der Waals surface area contributed by atoms with E-state index in [1.54, 1.807) is 36.3 Å². The number of primary amides is 1. The highest BCUT2D eigenvalue weighted by Crippen LogP contribution is 2.30. The predicted octanol–water partition coefficient (Wildman–Crippen LogP) is 1.47.